The van der Waals surface area contributed by atoms with Crippen LogP contribution in [0.4, 0.5) is 4.39 Å². The van der Waals surface area contributed by atoms with Crippen molar-refractivity contribution < 1.29 is 13.9 Å². The monoisotopic (exact) mass is 443 g/mol. The Balaban J connectivity index is 1.25. The average molecular weight is 444 g/mol. The molecule has 0 unspecified atom stereocenters. The molecule has 0 radical (unpaired) electrons. The van der Waals surface area contributed by atoms with Gasteiger partial charge in [-0.25, -0.2) is 14.4 Å². The zero-order valence-corrected chi connectivity index (χ0v) is 18.4. The molecule has 1 atom stereocenters. The molecule has 5 nitrogen and oxygen atoms in total. The normalized spacial score (nSPS) is 17.8. The topological polar surface area (TPSA) is 49.2 Å². The van der Waals surface area contributed by atoms with E-state index >= 15 is 4.39 Å². The first kappa shape index (κ1) is 20.4. The van der Waals surface area contributed by atoms with Crippen molar-refractivity contribution in [3.63, 3.8) is 0 Å². The average Bonchev–Trinajstić information content (AvgIpc) is 3.56. The molecule has 1 saturated carbocycles. The van der Waals surface area contributed by atoms with Gasteiger partial charge < -0.3 is 14.0 Å². The molecule has 2 aromatic carbocycles. The summed E-state index contributed by atoms with van der Waals surface area (Å²) in [6, 6.07) is 19.0. The number of hydrogen-bond donors (Lipinski definition) is 0. The highest BCUT2D eigenvalue weighted by atomic mass is 19.1. The molecule has 0 amide bonds. The Morgan fingerprint density at radius 3 is 2.67 bits per heavy atom. The van der Waals surface area contributed by atoms with Crippen LogP contribution in [-0.2, 0) is 17.7 Å². The molecule has 0 N–H and O–H groups in total. The highest BCUT2D eigenvalue weighted by Gasteiger charge is 2.23. The predicted molar refractivity (Wildman–Crippen MR) is 125 cm³/mol. The summed E-state index contributed by atoms with van der Waals surface area (Å²) in [5, 5.41) is 0. The third kappa shape index (κ3) is 4.35. The summed E-state index contributed by atoms with van der Waals surface area (Å²) in [5.74, 6) is 1.83. The second kappa shape index (κ2) is 8.60. The largest absolute Gasteiger partial charge is 0.477 e. The van der Waals surface area contributed by atoms with Gasteiger partial charge in [0.15, 0.2) is 0 Å². The fourth-order valence-electron chi connectivity index (χ4n) is 4.29. The molecule has 33 heavy (non-hydrogen) atoms. The van der Waals surface area contributed by atoms with Gasteiger partial charge >= 0.3 is 0 Å². The predicted octanol–water partition coefficient (Wildman–Crippen LogP) is 5.41. The van der Waals surface area contributed by atoms with E-state index in [-0.39, 0.29) is 11.9 Å². The van der Waals surface area contributed by atoms with E-state index in [1.807, 2.05) is 42.5 Å². The van der Waals surface area contributed by atoms with Crippen molar-refractivity contribution in [3.8, 4) is 17.1 Å². The molecule has 0 bridgehead atoms. The van der Waals surface area contributed by atoms with Crippen LogP contribution in [0.3, 0.4) is 0 Å². The van der Waals surface area contributed by atoms with Crippen molar-refractivity contribution in [1.29, 1.82) is 0 Å². The highest BCUT2D eigenvalue weighted by Crippen LogP contribution is 2.30. The quantitative estimate of drug-likeness (QED) is 0.366. The van der Waals surface area contributed by atoms with E-state index in [1.165, 1.54) is 12.8 Å². The van der Waals surface area contributed by atoms with Crippen LogP contribution in [0, 0.1) is 11.7 Å². The standard InChI is InChI=1S/C27H26FN3O2/c28-22-14-19(10-11-21(22)23-5-3-7-27(30-23)33-17-18-8-9-18)15-26-29-24-4-1-2-6-25(24)31(26)16-20-12-13-32-20/h1-7,10-11,14,18,20H,8-9,12-13,15-17H2/t20-/m0/s1. The highest BCUT2D eigenvalue weighted by molar-refractivity contribution is 5.76. The molecule has 4 aromatic rings. The Hall–Kier alpha value is -3.25. The Labute approximate surface area is 192 Å². The molecule has 1 aliphatic carbocycles. The lowest BCUT2D eigenvalue weighted by Crippen LogP contribution is -2.31. The van der Waals surface area contributed by atoms with Gasteiger partial charge in [-0.3, -0.25) is 0 Å². The first-order valence-electron chi connectivity index (χ1n) is 11.7. The molecular formula is C27H26FN3O2. The van der Waals surface area contributed by atoms with E-state index in [0.717, 1.165) is 42.0 Å². The van der Waals surface area contributed by atoms with Crippen LogP contribution in [0.15, 0.2) is 60.7 Å². The van der Waals surface area contributed by atoms with E-state index in [0.29, 0.717) is 36.1 Å². The third-order valence-electron chi connectivity index (χ3n) is 6.47. The van der Waals surface area contributed by atoms with E-state index < -0.39 is 0 Å². The summed E-state index contributed by atoms with van der Waals surface area (Å²) < 4.78 is 28.8. The number of benzene rings is 2. The van der Waals surface area contributed by atoms with Crippen molar-refractivity contribution in [2.75, 3.05) is 13.2 Å². The Morgan fingerprint density at radius 2 is 1.88 bits per heavy atom. The van der Waals surface area contributed by atoms with Gasteiger partial charge in [-0.1, -0.05) is 24.3 Å². The summed E-state index contributed by atoms with van der Waals surface area (Å²) >= 11 is 0. The van der Waals surface area contributed by atoms with Crippen LogP contribution in [0.1, 0.15) is 30.7 Å². The van der Waals surface area contributed by atoms with Crippen LogP contribution in [0.2, 0.25) is 0 Å². The molecule has 1 saturated heterocycles. The number of hydrogen-bond acceptors (Lipinski definition) is 4. The number of fused-ring (bicyclic) bond motifs is 1. The SMILES string of the molecule is Fc1cc(Cc2nc3ccccc3n2C[C@@H]2CCO2)ccc1-c1cccc(OCC2CC2)n1. The van der Waals surface area contributed by atoms with Gasteiger partial charge in [0.2, 0.25) is 5.88 Å². The first-order valence-corrected chi connectivity index (χ1v) is 11.7. The lowest BCUT2D eigenvalue weighted by Gasteiger charge is -2.27. The summed E-state index contributed by atoms with van der Waals surface area (Å²) in [6.07, 6.45) is 4.28. The second-order valence-corrected chi connectivity index (χ2v) is 9.02. The van der Waals surface area contributed by atoms with E-state index in [2.05, 4.69) is 15.6 Å². The number of nitrogens with zero attached hydrogens (tertiary/aromatic N) is 3. The van der Waals surface area contributed by atoms with Gasteiger partial charge in [0.25, 0.3) is 0 Å². The van der Waals surface area contributed by atoms with Crippen LogP contribution in [-0.4, -0.2) is 33.9 Å². The molecule has 3 heterocycles. The molecule has 6 rings (SSSR count). The van der Waals surface area contributed by atoms with Gasteiger partial charge in [0.1, 0.15) is 11.6 Å². The van der Waals surface area contributed by atoms with Gasteiger partial charge in [-0.2, -0.15) is 0 Å². The van der Waals surface area contributed by atoms with E-state index in [9.17, 15) is 0 Å². The van der Waals surface area contributed by atoms with Gasteiger partial charge in [-0.05, 0) is 61.1 Å². The molecule has 2 fully saturated rings. The number of aromatic nitrogens is 3. The van der Waals surface area contributed by atoms with Crippen molar-refractivity contribution in [2.24, 2.45) is 5.92 Å². The van der Waals surface area contributed by atoms with Crippen LogP contribution >= 0.6 is 0 Å². The van der Waals surface area contributed by atoms with Crippen molar-refractivity contribution in [3.05, 3.63) is 77.9 Å². The number of para-hydroxylation sites is 2. The van der Waals surface area contributed by atoms with E-state index in [1.54, 1.807) is 12.1 Å². The van der Waals surface area contributed by atoms with Gasteiger partial charge in [-0.15, -0.1) is 0 Å². The summed E-state index contributed by atoms with van der Waals surface area (Å²) in [6.45, 7) is 2.28. The van der Waals surface area contributed by atoms with Crippen LogP contribution in [0.25, 0.3) is 22.3 Å². The van der Waals surface area contributed by atoms with Crippen molar-refractivity contribution in [1.82, 2.24) is 14.5 Å². The maximum Gasteiger partial charge on any atom is 0.213 e. The number of ether oxygens (including phenoxy) is 2. The Morgan fingerprint density at radius 1 is 1.00 bits per heavy atom. The maximum atomic E-state index is 15.1. The molecule has 0 spiro atoms. The fraction of sp³-hybridized carbons (Fsp3) is 0.333. The Bertz CT molecular complexity index is 1290. The van der Waals surface area contributed by atoms with Gasteiger partial charge in [0, 0.05) is 24.7 Å². The summed E-state index contributed by atoms with van der Waals surface area (Å²) in [4.78, 5) is 9.35. The minimum atomic E-state index is -0.288. The molecule has 2 aromatic heterocycles. The third-order valence-corrected chi connectivity index (χ3v) is 6.47. The zero-order valence-electron chi connectivity index (χ0n) is 18.4. The zero-order chi connectivity index (χ0) is 22.2. The number of rotatable bonds is 8. The lowest BCUT2D eigenvalue weighted by atomic mass is 10.1. The first-order chi connectivity index (χ1) is 16.2. The van der Waals surface area contributed by atoms with E-state index in [4.69, 9.17) is 14.5 Å². The van der Waals surface area contributed by atoms with Crippen LogP contribution in [0.5, 0.6) is 5.88 Å². The molecular weight excluding hydrogens is 417 g/mol. The molecule has 6 heteroatoms. The molecule has 2 aliphatic rings. The second-order valence-electron chi connectivity index (χ2n) is 9.02. The Kier molecular flexibility index (Phi) is 5.30. The number of halogens is 1. The fourth-order valence-corrected chi connectivity index (χ4v) is 4.29. The minimum absolute atomic E-state index is 0.223. The smallest absolute Gasteiger partial charge is 0.213 e. The van der Waals surface area contributed by atoms with Gasteiger partial charge in [0.05, 0.1) is 36.0 Å². The van der Waals surface area contributed by atoms with Crippen molar-refractivity contribution >= 4 is 11.0 Å². The minimum Gasteiger partial charge on any atom is -0.477 e. The number of pyridine rings is 1. The molecule has 1 aliphatic heterocycles. The summed E-state index contributed by atoms with van der Waals surface area (Å²) in [7, 11) is 0. The van der Waals surface area contributed by atoms with Crippen LogP contribution < -0.4 is 4.74 Å². The maximum absolute atomic E-state index is 15.1. The van der Waals surface area contributed by atoms with Crippen molar-refractivity contribution in [2.45, 2.75) is 38.3 Å². The summed E-state index contributed by atoms with van der Waals surface area (Å²) in [5.41, 5.74) is 3.99. The number of imidazole rings is 1. The lowest BCUT2D eigenvalue weighted by molar-refractivity contribution is -0.0589. The molecule has 168 valence electrons.